The molecule has 0 fully saturated rings. The lowest BCUT2D eigenvalue weighted by Gasteiger charge is -2.11. The van der Waals surface area contributed by atoms with Crippen molar-refractivity contribution in [3.63, 3.8) is 0 Å². The van der Waals surface area contributed by atoms with E-state index >= 15 is 0 Å². The number of nitrogen functional groups attached to an aromatic ring is 2. The van der Waals surface area contributed by atoms with E-state index in [0.29, 0.717) is 26.9 Å². The molecule has 29 heavy (non-hydrogen) atoms. The molecular formula is C19H15ClF3N5S. The van der Waals surface area contributed by atoms with Gasteiger partial charge in [-0.25, -0.2) is 4.98 Å². The molecule has 0 saturated carbocycles. The molecule has 150 valence electrons. The Labute approximate surface area is 173 Å². The van der Waals surface area contributed by atoms with Gasteiger partial charge in [0.2, 0.25) is 0 Å². The van der Waals surface area contributed by atoms with Crippen molar-refractivity contribution in [3.8, 4) is 11.3 Å². The van der Waals surface area contributed by atoms with E-state index in [0.717, 1.165) is 24.1 Å². The number of amidine groups is 1. The van der Waals surface area contributed by atoms with Crippen molar-refractivity contribution in [1.29, 1.82) is 5.41 Å². The van der Waals surface area contributed by atoms with Crippen LogP contribution in [0.2, 0.25) is 5.02 Å². The lowest BCUT2D eigenvalue weighted by atomic mass is 10.1. The molecule has 0 bridgehead atoms. The molecular weight excluding hydrogens is 423 g/mol. The first-order valence-corrected chi connectivity index (χ1v) is 9.35. The summed E-state index contributed by atoms with van der Waals surface area (Å²) in [5.74, 6) is -0.253. The summed E-state index contributed by atoms with van der Waals surface area (Å²) in [5, 5.41) is 7.90. The van der Waals surface area contributed by atoms with Crippen LogP contribution < -0.4 is 16.2 Å². The first kappa shape index (κ1) is 20.8. The van der Waals surface area contributed by atoms with Crippen LogP contribution in [0.15, 0.2) is 59.5 Å². The van der Waals surface area contributed by atoms with Crippen molar-refractivity contribution in [2.24, 2.45) is 5.73 Å². The summed E-state index contributed by atoms with van der Waals surface area (Å²) in [6.07, 6.45) is -4.40. The van der Waals surface area contributed by atoms with Crippen LogP contribution in [0.25, 0.3) is 11.3 Å². The van der Waals surface area contributed by atoms with E-state index in [9.17, 15) is 13.2 Å². The third-order valence-corrected chi connectivity index (χ3v) is 5.01. The molecule has 0 aliphatic carbocycles. The van der Waals surface area contributed by atoms with Gasteiger partial charge in [-0.15, -0.1) is 0 Å². The topological polar surface area (TPSA) is 101 Å². The first-order chi connectivity index (χ1) is 13.6. The van der Waals surface area contributed by atoms with Gasteiger partial charge in [-0.2, -0.15) is 13.2 Å². The second-order valence-corrected chi connectivity index (χ2v) is 7.26. The highest BCUT2D eigenvalue weighted by Crippen LogP contribution is 2.34. The summed E-state index contributed by atoms with van der Waals surface area (Å²) in [7, 11) is 0. The van der Waals surface area contributed by atoms with E-state index in [1.165, 1.54) is 6.07 Å². The minimum atomic E-state index is -4.40. The van der Waals surface area contributed by atoms with Crippen molar-refractivity contribution in [2.45, 2.75) is 11.1 Å². The number of anilines is 2. The smallest absolute Gasteiger partial charge is 0.397 e. The van der Waals surface area contributed by atoms with Crippen LogP contribution in [0.3, 0.4) is 0 Å². The average molecular weight is 438 g/mol. The molecule has 0 spiro atoms. The van der Waals surface area contributed by atoms with Crippen molar-refractivity contribution in [2.75, 3.05) is 10.5 Å². The molecule has 1 heterocycles. The standard InChI is InChI=1S/C19H15ClF3N5S/c20-14-9-11(28-29-12-3-1-2-10(8-12)19(21,22)23)4-5-13(14)16-7-6-15(24)17(27-16)18(25)26/h1-9,28H,24H2,(H3,25,26). The molecule has 0 radical (unpaired) electrons. The van der Waals surface area contributed by atoms with Crippen molar-refractivity contribution >= 4 is 40.8 Å². The van der Waals surface area contributed by atoms with E-state index in [2.05, 4.69) is 9.71 Å². The molecule has 0 unspecified atom stereocenters. The van der Waals surface area contributed by atoms with Gasteiger partial charge >= 0.3 is 6.18 Å². The van der Waals surface area contributed by atoms with E-state index in [1.807, 2.05) is 0 Å². The number of rotatable bonds is 5. The van der Waals surface area contributed by atoms with Gasteiger partial charge in [0.25, 0.3) is 0 Å². The number of nitrogens with two attached hydrogens (primary N) is 2. The van der Waals surface area contributed by atoms with Crippen molar-refractivity contribution in [3.05, 3.63) is 70.9 Å². The summed E-state index contributed by atoms with van der Waals surface area (Å²) in [6.45, 7) is 0. The van der Waals surface area contributed by atoms with Crippen LogP contribution in [0, 0.1) is 5.41 Å². The van der Waals surface area contributed by atoms with Gasteiger partial charge in [0.15, 0.2) is 0 Å². The van der Waals surface area contributed by atoms with Gasteiger partial charge in [-0.1, -0.05) is 17.7 Å². The molecule has 6 N–H and O–H groups in total. The fourth-order valence-corrected chi connectivity index (χ4v) is 3.45. The predicted octanol–water partition coefficient (Wildman–Crippen LogP) is 5.41. The molecule has 0 amide bonds. The van der Waals surface area contributed by atoms with E-state index in [-0.39, 0.29) is 17.2 Å². The molecule has 0 aliphatic heterocycles. The van der Waals surface area contributed by atoms with Crippen LogP contribution in [0.4, 0.5) is 24.5 Å². The SMILES string of the molecule is N=C(N)c1nc(-c2ccc(NSc3cccc(C(F)(F)F)c3)cc2Cl)ccc1N. The summed E-state index contributed by atoms with van der Waals surface area (Å²) < 4.78 is 41.4. The lowest BCUT2D eigenvalue weighted by Crippen LogP contribution is -2.16. The Hall–Kier alpha value is -2.91. The van der Waals surface area contributed by atoms with Crippen LogP contribution in [0.5, 0.6) is 0 Å². The number of benzene rings is 2. The van der Waals surface area contributed by atoms with Crippen molar-refractivity contribution in [1.82, 2.24) is 4.98 Å². The highest BCUT2D eigenvalue weighted by Gasteiger charge is 2.30. The minimum absolute atomic E-state index is 0.167. The summed E-state index contributed by atoms with van der Waals surface area (Å²) >= 11 is 7.39. The third-order valence-electron chi connectivity index (χ3n) is 3.87. The van der Waals surface area contributed by atoms with Gasteiger partial charge < -0.3 is 16.2 Å². The molecule has 0 saturated heterocycles. The number of nitrogens with zero attached hydrogens (tertiary/aromatic N) is 1. The number of pyridine rings is 1. The summed E-state index contributed by atoms with van der Waals surface area (Å²) in [6, 6.07) is 13.3. The van der Waals surface area contributed by atoms with Crippen molar-refractivity contribution < 1.29 is 13.2 Å². The Kier molecular flexibility index (Phi) is 5.90. The number of hydrogen-bond donors (Lipinski definition) is 4. The van der Waals surface area contributed by atoms with Crippen LogP contribution in [-0.4, -0.2) is 10.8 Å². The molecule has 3 rings (SSSR count). The normalized spacial score (nSPS) is 11.3. The highest BCUT2D eigenvalue weighted by molar-refractivity contribution is 8.00. The number of hydrogen-bond acceptors (Lipinski definition) is 5. The molecule has 2 aromatic carbocycles. The molecule has 10 heteroatoms. The van der Waals surface area contributed by atoms with E-state index in [1.54, 1.807) is 36.4 Å². The van der Waals surface area contributed by atoms with Crippen LogP contribution in [-0.2, 0) is 6.18 Å². The first-order valence-electron chi connectivity index (χ1n) is 8.16. The quantitative estimate of drug-likeness (QED) is 0.243. The van der Waals surface area contributed by atoms with Gasteiger partial charge in [-0.05, 0) is 60.5 Å². The fourth-order valence-electron chi connectivity index (χ4n) is 2.48. The Morgan fingerprint density at radius 3 is 2.52 bits per heavy atom. The molecule has 0 atom stereocenters. The minimum Gasteiger partial charge on any atom is -0.397 e. The fraction of sp³-hybridized carbons (Fsp3) is 0.0526. The number of nitrogens with one attached hydrogen (secondary N) is 2. The number of aromatic nitrogens is 1. The number of halogens is 4. The molecule has 3 aromatic rings. The molecule has 0 aliphatic rings. The van der Waals surface area contributed by atoms with Gasteiger partial charge in [0.1, 0.15) is 11.5 Å². The zero-order valence-corrected chi connectivity index (χ0v) is 16.3. The van der Waals surface area contributed by atoms with Gasteiger partial charge in [0.05, 0.1) is 22.0 Å². The summed E-state index contributed by atoms with van der Waals surface area (Å²) in [5.41, 5.74) is 12.7. The average Bonchev–Trinajstić information content (AvgIpc) is 2.66. The lowest BCUT2D eigenvalue weighted by molar-refractivity contribution is -0.137. The largest absolute Gasteiger partial charge is 0.416 e. The molecule has 5 nitrogen and oxygen atoms in total. The maximum absolute atomic E-state index is 12.8. The molecule has 1 aromatic heterocycles. The third kappa shape index (κ3) is 4.93. The monoisotopic (exact) mass is 437 g/mol. The van der Waals surface area contributed by atoms with Gasteiger partial charge in [0, 0.05) is 16.1 Å². The number of alkyl halides is 3. The summed E-state index contributed by atoms with van der Waals surface area (Å²) in [4.78, 5) is 4.68. The highest BCUT2D eigenvalue weighted by atomic mass is 35.5. The zero-order chi connectivity index (χ0) is 21.2. The van der Waals surface area contributed by atoms with Crippen LogP contribution >= 0.6 is 23.5 Å². The second-order valence-electron chi connectivity index (χ2n) is 5.97. The Morgan fingerprint density at radius 1 is 1.10 bits per heavy atom. The van der Waals surface area contributed by atoms with Crippen LogP contribution in [0.1, 0.15) is 11.3 Å². The maximum atomic E-state index is 12.8. The Bertz CT molecular complexity index is 1070. The second kappa shape index (κ2) is 8.22. The Balaban J connectivity index is 1.79. The Morgan fingerprint density at radius 2 is 1.86 bits per heavy atom. The van der Waals surface area contributed by atoms with E-state index < -0.39 is 11.7 Å². The van der Waals surface area contributed by atoms with Gasteiger partial charge in [-0.3, -0.25) is 5.41 Å². The van der Waals surface area contributed by atoms with E-state index in [4.69, 9.17) is 28.5 Å². The zero-order valence-electron chi connectivity index (χ0n) is 14.7. The maximum Gasteiger partial charge on any atom is 0.416 e. The predicted molar refractivity (Wildman–Crippen MR) is 111 cm³/mol.